The third kappa shape index (κ3) is 7.49. The summed E-state index contributed by atoms with van der Waals surface area (Å²) in [4.78, 5) is 40.8. The van der Waals surface area contributed by atoms with Crippen molar-refractivity contribution in [3.8, 4) is 0 Å². The number of pyridine rings is 1. The maximum absolute atomic E-state index is 12.8. The molecule has 31 heavy (non-hydrogen) atoms. The first kappa shape index (κ1) is 24.0. The number of hydrogen-bond acceptors (Lipinski definition) is 6. The summed E-state index contributed by atoms with van der Waals surface area (Å²) in [5.74, 6) is -2.72. The fourth-order valence-corrected chi connectivity index (χ4v) is 3.28. The van der Waals surface area contributed by atoms with Crippen LogP contribution in [-0.4, -0.2) is 54.6 Å². The smallest absolute Gasteiger partial charge is 0.305 e. The summed E-state index contributed by atoms with van der Waals surface area (Å²) in [6.45, 7) is 3.44. The van der Waals surface area contributed by atoms with Crippen molar-refractivity contribution < 1.29 is 27.9 Å². The summed E-state index contributed by atoms with van der Waals surface area (Å²) in [5, 5.41) is 15.9. The average molecular weight is 448 g/mol. The molecular formula is C21H25N3O6S. The third-order valence-electron chi connectivity index (χ3n) is 4.35. The molecule has 9 nitrogen and oxygen atoms in total. The number of carbonyl (C=O) groups excluding carboxylic acids is 2. The van der Waals surface area contributed by atoms with Gasteiger partial charge in [0.25, 0.3) is 5.91 Å². The lowest BCUT2D eigenvalue weighted by Gasteiger charge is -2.24. The zero-order chi connectivity index (χ0) is 23.2. The number of sulfone groups is 1. The second kappa shape index (κ2) is 10.2. The van der Waals surface area contributed by atoms with Gasteiger partial charge in [0.15, 0.2) is 9.84 Å². The molecule has 0 bridgehead atoms. The minimum atomic E-state index is -3.50. The molecule has 2 amide bonds. The number of para-hydroxylation sites is 1. The van der Waals surface area contributed by atoms with Crippen molar-refractivity contribution in [1.82, 2.24) is 15.6 Å². The lowest BCUT2D eigenvalue weighted by molar-refractivity contribution is -0.137. The van der Waals surface area contributed by atoms with E-state index in [9.17, 15) is 22.8 Å². The number of carbonyl (C=O) groups is 3. The zero-order valence-electron chi connectivity index (χ0n) is 17.4. The summed E-state index contributed by atoms with van der Waals surface area (Å²) >= 11 is 0. The van der Waals surface area contributed by atoms with Crippen LogP contribution in [-0.2, 0) is 19.4 Å². The van der Waals surface area contributed by atoms with Crippen LogP contribution in [0.1, 0.15) is 30.8 Å². The standard InChI is InChI=1S/C21H25N3O6S/c1-13(2)19(21(28)22-15(12-18(25)26)10-11-31(3,29)30)24-20(27)17-9-8-14-6-4-5-7-16(14)23-17/h4-11,13,15,19H,12H2,1-3H3,(H,22,28)(H,24,27)(H,25,26)/b11-10+/t15-,19+/m1/s1. The van der Waals surface area contributed by atoms with Crippen molar-refractivity contribution in [2.75, 3.05) is 6.26 Å². The average Bonchev–Trinajstić information content (AvgIpc) is 2.68. The summed E-state index contributed by atoms with van der Waals surface area (Å²) in [7, 11) is -3.50. The fourth-order valence-electron chi connectivity index (χ4n) is 2.81. The largest absolute Gasteiger partial charge is 0.481 e. The molecule has 1 aromatic carbocycles. The molecule has 2 aromatic rings. The van der Waals surface area contributed by atoms with Crippen LogP contribution in [0.25, 0.3) is 10.9 Å². The van der Waals surface area contributed by atoms with Gasteiger partial charge < -0.3 is 15.7 Å². The molecule has 0 fully saturated rings. The van der Waals surface area contributed by atoms with E-state index in [1.165, 1.54) is 0 Å². The monoisotopic (exact) mass is 447 g/mol. The Morgan fingerprint density at radius 3 is 2.39 bits per heavy atom. The van der Waals surface area contributed by atoms with Crippen molar-refractivity contribution in [2.24, 2.45) is 5.92 Å². The van der Waals surface area contributed by atoms with Crippen molar-refractivity contribution in [3.63, 3.8) is 0 Å². The Morgan fingerprint density at radius 2 is 1.77 bits per heavy atom. The van der Waals surface area contributed by atoms with Crippen molar-refractivity contribution in [1.29, 1.82) is 0 Å². The Labute approximate surface area is 180 Å². The third-order valence-corrected chi connectivity index (χ3v) is 5.00. The van der Waals surface area contributed by atoms with Gasteiger partial charge in [-0.1, -0.05) is 44.2 Å². The predicted molar refractivity (Wildman–Crippen MR) is 116 cm³/mol. The molecule has 0 aliphatic carbocycles. The number of aromatic nitrogens is 1. The number of fused-ring (bicyclic) bond motifs is 1. The molecule has 1 aromatic heterocycles. The molecule has 1 heterocycles. The SMILES string of the molecule is CC(C)[C@H](NC(=O)c1ccc2ccccc2n1)C(=O)N[C@H](/C=C/S(C)(=O)=O)CC(=O)O. The number of rotatable bonds is 9. The van der Waals surface area contributed by atoms with Gasteiger partial charge in [-0.05, 0) is 18.1 Å². The zero-order valence-corrected chi connectivity index (χ0v) is 18.2. The highest BCUT2D eigenvalue weighted by molar-refractivity contribution is 7.93. The van der Waals surface area contributed by atoms with Gasteiger partial charge in [0, 0.05) is 17.1 Å². The predicted octanol–water partition coefficient (Wildman–Crippen LogP) is 1.51. The van der Waals surface area contributed by atoms with Crippen molar-refractivity contribution >= 4 is 38.5 Å². The van der Waals surface area contributed by atoms with Gasteiger partial charge in [-0.2, -0.15) is 0 Å². The first-order chi connectivity index (χ1) is 14.5. The molecule has 0 saturated heterocycles. The number of carboxylic acid groups (broad SMARTS) is 1. The molecule has 0 saturated carbocycles. The number of carboxylic acids is 1. The van der Waals surface area contributed by atoms with E-state index in [1.807, 2.05) is 12.1 Å². The number of nitrogens with one attached hydrogen (secondary N) is 2. The lowest BCUT2D eigenvalue weighted by Crippen LogP contribution is -2.52. The van der Waals surface area contributed by atoms with Gasteiger partial charge in [0.1, 0.15) is 11.7 Å². The molecule has 166 valence electrons. The molecule has 2 rings (SSSR count). The Kier molecular flexibility index (Phi) is 7.87. The first-order valence-corrected chi connectivity index (χ1v) is 11.5. The van der Waals surface area contributed by atoms with Crippen LogP contribution in [0, 0.1) is 5.92 Å². The normalized spacial score (nSPS) is 13.8. The number of hydrogen-bond donors (Lipinski definition) is 3. The van der Waals surface area contributed by atoms with Crippen LogP contribution >= 0.6 is 0 Å². The summed E-state index contributed by atoms with van der Waals surface area (Å²) in [5.41, 5.74) is 0.768. The molecule has 0 radical (unpaired) electrons. The molecule has 10 heteroatoms. The van der Waals surface area contributed by atoms with Crippen LogP contribution in [0.15, 0.2) is 47.9 Å². The van der Waals surface area contributed by atoms with Gasteiger partial charge >= 0.3 is 5.97 Å². The van der Waals surface area contributed by atoms with Crippen LogP contribution in [0.4, 0.5) is 0 Å². The van der Waals surface area contributed by atoms with E-state index >= 15 is 0 Å². The number of amides is 2. The fraction of sp³-hybridized carbons (Fsp3) is 0.333. The minimum absolute atomic E-state index is 0.135. The first-order valence-electron chi connectivity index (χ1n) is 9.53. The van der Waals surface area contributed by atoms with Gasteiger partial charge in [-0.25, -0.2) is 13.4 Å². The van der Waals surface area contributed by atoms with E-state index in [-0.39, 0.29) is 11.6 Å². The molecule has 0 aliphatic rings. The highest BCUT2D eigenvalue weighted by Crippen LogP contribution is 2.12. The maximum atomic E-state index is 12.8. The van der Waals surface area contributed by atoms with Gasteiger partial charge in [0.05, 0.1) is 18.0 Å². The summed E-state index contributed by atoms with van der Waals surface area (Å²) < 4.78 is 22.7. The van der Waals surface area contributed by atoms with Gasteiger partial charge in [-0.15, -0.1) is 0 Å². The van der Waals surface area contributed by atoms with E-state index in [4.69, 9.17) is 5.11 Å². The highest BCUT2D eigenvalue weighted by Gasteiger charge is 2.27. The van der Waals surface area contributed by atoms with E-state index < -0.39 is 46.1 Å². The molecule has 0 spiro atoms. The Bertz CT molecular complexity index is 1110. The summed E-state index contributed by atoms with van der Waals surface area (Å²) in [6.07, 6.45) is 1.55. The molecule has 3 N–H and O–H groups in total. The minimum Gasteiger partial charge on any atom is -0.481 e. The Balaban J connectivity index is 2.18. The number of aliphatic carboxylic acids is 1. The maximum Gasteiger partial charge on any atom is 0.305 e. The topological polar surface area (TPSA) is 143 Å². The van der Waals surface area contributed by atoms with Crippen LogP contribution in [0.2, 0.25) is 0 Å². The van der Waals surface area contributed by atoms with Gasteiger partial charge in [-0.3, -0.25) is 14.4 Å². The van der Waals surface area contributed by atoms with E-state index in [2.05, 4.69) is 15.6 Å². The van der Waals surface area contributed by atoms with Crippen molar-refractivity contribution in [2.45, 2.75) is 32.4 Å². The molecular weight excluding hydrogens is 422 g/mol. The second-order valence-electron chi connectivity index (χ2n) is 7.46. The van der Waals surface area contributed by atoms with Crippen LogP contribution in [0.3, 0.4) is 0 Å². The summed E-state index contributed by atoms with van der Waals surface area (Å²) in [6, 6.07) is 8.54. The van der Waals surface area contributed by atoms with E-state index in [0.29, 0.717) is 5.52 Å². The molecule has 2 atom stereocenters. The number of nitrogens with zero attached hydrogens (tertiary/aromatic N) is 1. The van der Waals surface area contributed by atoms with Crippen LogP contribution in [0.5, 0.6) is 0 Å². The Morgan fingerprint density at radius 1 is 1.10 bits per heavy atom. The highest BCUT2D eigenvalue weighted by atomic mass is 32.2. The second-order valence-corrected chi connectivity index (χ2v) is 9.39. The Hall–Kier alpha value is -3.27. The van der Waals surface area contributed by atoms with E-state index in [0.717, 1.165) is 23.1 Å². The quantitative estimate of drug-likeness (QED) is 0.529. The number of benzene rings is 1. The van der Waals surface area contributed by atoms with E-state index in [1.54, 1.807) is 38.1 Å². The van der Waals surface area contributed by atoms with Crippen LogP contribution < -0.4 is 10.6 Å². The van der Waals surface area contributed by atoms with Gasteiger partial charge in [0.2, 0.25) is 5.91 Å². The lowest BCUT2D eigenvalue weighted by atomic mass is 10.0. The van der Waals surface area contributed by atoms with Crippen molar-refractivity contribution in [3.05, 3.63) is 53.6 Å². The molecule has 0 unspecified atom stereocenters. The molecule has 0 aliphatic heterocycles.